The molecular formula is C25H27FN6O4. The molecule has 1 aliphatic heterocycles. The minimum atomic E-state index is -0.570. The Morgan fingerprint density at radius 2 is 1.81 bits per heavy atom. The summed E-state index contributed by atoms with van der Waals surface area (Å²) in [6, 6.07) is 8.45. The zero-order valence-electron chi connectivity index (χ0n) is 20.2. The van der Waals surface area contributed by atoms with Gasteiger partial charge < -0.3 is 19.9 Å². The zero-order valence-corrected chi connectivity index (χ0v) is 20.2. The van der Waals surface area contributed by atoms with Crippen LogP contribution >= 0.6 is 0 Å². The number of ether oxygens (including phenoxy) is 1. The van der Waals surface area contributed by atoms with Gasteiger partial charge in [0.25, 0.3) is 11.5 Å². The molecule has 1 aromatic carbocycles. The third-order valence-electron chi connectivity index (χ3n) is 6.03. The number of pyridine rings is 1. The van der Waals surface area contributed by atoms with Gasteiger partial charge in [0.1, 0.15) is 28.8 Å². The number of amides is 2. The number of carbonyl (C=O) groups is 2. The molecule has 1 aliphatic rings. The number of rotatable bonds is 6. The number of nitrogens with zero attached hydrogens (tertiary/aromatic N) is 4. The zero-order chi connectivity index (χ0) is 25.9. The van der Waals surface area contributed by atoms with Gasteiger partial charge in [-0.2, -0.15) is 0 Å². The van der Waals surface area contributed by atoms with Crippen molar-refractivity contribution in [1.82, 2.24) is 24.8 Å². The van der Waals surface area contributed by atoms with Crippen LogP contribution in [0.5, 0.6) is 11.5 Å². The highest BCUT2D eigenvalue weighted by atomic mass is 19.1. The number of anilines is 1. The van der Waals surface area contributed by atoms with Crippen LogP contribution in [0.2, 0.25) is 0 Å². The predicted octanol–water partition coefficient (Wildman–Crippen LogP) is 2.66. The molecule has 3 heterocycles. The lowest BCUT2D eigenvalue weighted by atomic mass is 9.97. The van der Waals surface area contributed by atoms with Gasteiger partial charge in [-0.1, -0.05) is 0 Å². The Labute approximate surface area is 207 Å². The van der Waals surface area contributed by atoms with Crippen LogP contribution in [-0.4, -0.2) is 67.8 Å². The maximum absolute atomic E-state index is 13.0. The quantitative estimate of drug-likeness (QED) is 0.541. The molecule has 11 heteroatoms. The smallest absolute Gasteiger partial charge is 0.274 e. The number of nitrogens with one attached hydrogen (secondary N) is 2. The van der Waals surface area contributed by atoms with E-state index in [-0.39, 0.29) is 28.9 Å². The number of hydrogen-bond acceptors (Lipinski definition) is 7. The fourth-order valence-electron chi connectivity index (χ4n) is 4.05. The fraction of sp³-hybridized carbons (Fsp3) is 0.320. The van der Waals surface area contributed by atoms with E-state index in [0.29, 0.717) is 37.0 Å². The van der Waals surface area contributed by atoms with Gasteiger partial charge in [-0.3, -0.25) is 19.3 Å². The third-order valence-corrected chi connectivity index (χ3v) is 6.03. The van der Waals surface area contributed by atoms with E-state index < -0.39 is 11.6 Å². The van der Waals surface area contributed by atoms with E-state index in [0.717, 1.165) is 6.20 Å². The molecule has 0 unspecified atom stereocenters. The molecule has 3 aromatic rings. The molecule has 1 saturated heterocycles. The number of piperazine rings is 1. The van der Waals surface area contributed by atoms with E-state index in [1.165, 1.54) is 36.7 Å². The Morgan fingerprint density at radius 1 is 1.08 bits per heavy atom. The average Bonchev–Trinajstić information content (AvgIpc) is 2.85. The number of aromatic amines is 1. The third kappa shape index (κ3) is 5.74. The van der Waals surface area contributed by atoms with E-state index in [9.17, 15) is 18.8 Å². The highest BCUT2D eigenvalue weighted by molar-refractivity contribution is 5.94. The van der Waals surface area contributed by atoms with Crippen molar-refractivity contribution in [1.29, 1.82) is 0 Å². The van der Waals surface area contributed by atoms with Gasteiger partial charge in [-0.15, -0.1) is 0 Å². The van der Waals surface area contributed by atoms with Crippen LogP contribution in [-0.2, 0) is 4.79 Å². The normalized spacial score (nSPS) is 16.3. The molecule has 1 fully saturated rings. The van der Waals surface area contributed by atoms with E-state index in [4.69, 9.17) is 4.74 Å². The van der Waals surface area contributed by atoms with Gasteiger partial charge in [-0.25, -0.2) is 14.4 Å². The van der Waals surface area contributed by atoms with Gasteiger partial charge in [0.2, 0.25) is 5.91 Å². The molecule has 2 N–H and O–H groups in total. The van der Waals surface area contributed by atoms with Crippen LogP contribution in [0.3, 0.4) is 0 Å². The van der Waals surface area contributed by atoms with Crippen LogP contribution in [0.1, 0.15) is 31.3 Å². The first-order valence-electron chi connectivity index (χ1n) is 11.4. The maximum atomic E-state index is 13.0. The predicted molar refractivity (Wildman–Crippen MR) is 130 cm³/mol. The maximum Gasteiger partial charge on any atom is 0.274 e. The van der Waals surface area contributed by atoms with E-state index >= 15 is 0 Å². The molecule has 0 saturated carbocycles. The van der Waals surface area contributed by atoms with Crippen molar-refractivity contribution >= 4 is 17.6 Å². The Balaban J connectivity index is 1.34. The molecule has 4 rings (SSSR count). The molecule has 2 aromatic heterocycles. The average molecular weight is 495 g/mol. The van der Waals surface area contributed by atoms with Crippen molar-refractivity contribution in [2.75, 3.05) is 25.0 Å². The summed E-state index contributed by atoms with van der Waals surface area (Å²) in [5.41, 5.74) is -0.779. The molecule has 10 nitrogen and oxygen atoms in total. The summed E-state index contributed by atoms with van der Waals surface area (Å²) in [6.07, 6.45) is 3.87. The molecule has 0 spiro atoms. The second kappa shape index (κ2) is 10.2. The summed E-state index contributed by atoms with van der Waals surface area (Å²) in [5, 5.41) is 2.81. The number of halogens is 1. The highest BCUT2D eigenvalue weighted by Gasteiger charge is 2.40. The van der Waals surface area contributed by atoms with E-state index in [1.54, 1.807) is 24.0 Å². The molecule has 2 amide bonds. The SMILES string of the molecule is C[C@H](C(=O)Nc1ccc(Oc2ccc(F)cc2)cn1)N1CCN(C(=O)c2c[nH]c(=O)cn2)C(C)(C)C1. The largest absolute Gasteiger partial charge is 0.456 e. The molecule has 188 valence electrons. The monoisotopic (exact) mass is 494 g/mol. The van der Waals surface area contributed by atoms with Crippen LogP contribution in [0.25, 0.3) is 0 Å². The van der Waals surface area contributed by atoms with Crippen molar-refractivity contribution in [2.45, 2.75) is 32.4 Å². The Kier molecular flexibility index (Phi) is 7.11. The summed E-state index contributed by atoms with van der Waals surface area (Å²) in [4.78, 5) is 51.5. The van der Waals surface area contributed by atoms with Crippen LogP contribution in [0.15, 0.2) is 59.8 Å². The summed E-state index contributed by atoms with van der Waals surface area (Å²) in [7, 11) is 0. The van der Waals surface area contributed by atoms with Gasteiger partial charge in [0.15, 0.2) is 0 Å². The van der Waals surface area contributed by atoms with Gasteiger partial charge in [0.05, 0.1) is 24.0 Å². The first-order chi connectivity index (χ1) is 17.1. The number of aromatic nitrogens is 3. The fourth-order valence-corrected chi connectivity index (χ4v) is 4.05. The van der Waals surface area contributed by atoms with Gasteiger partial charge in [0, 0.05) is 25.8 Å². The van der Waals surface area contributed by atoms with Crippen LogP contribution in [0, 0.1) is 5.82 Å². The van der Waals surface area contributed by atoms with Crippen LogP contribution in [0.4, 0.5) is 10.2 Å². The number of hydrogen-bond donors (Lipinski definition) is 2. The highest BCUT2D eigenvalue weighted by Crippen LogP contribution is 2.25. The number of benzene rings is 1. The van der Waals surface area contributed by atoms with E-state index in [2.05, 4.69) is 20.3 Å². The summed E-state index contributed by atoms with van der Waals surface area (Å²) < 4.78 is 18.7. The summed E-state index contributed by atoms with van der Waals surface area (Å²) in [5.74, 6) is 0.436. The lowest BCUT2D eigenvalue weighted by molar-refractivity contribution is -0.122. The van der Waals surface area contributed by atoms with Gasteiger partial charge in [-0.05, 0) is 57.2 Å². The lowest BCUT2D eigenvalue weighted by Crippen LogP contribution is -2.63. The van der Waals surface area contributed by atoms with Crippen molar-refractivity contribution in [3.63, 3.8) is 0 Å². The van der Waals surface area contributed by atoms with Crippen LogP contribution < -0.4 is 15.6 Å². The Bertz CT molecular complexity index is 1270. The van der Waals surface area contributed by atoms with Crippen molar-refractivity contribution in [3.8, 4) is 11.5 Å². The minimum absolute atomic E-state index is 0.167. The first kappa shape index (κ1) is 25.0. The Hall–Kier alpha value is -4.12. The van der Waals surface area contributed by atoms with Gasteiger partial charge >= 0.3 is 0 Å². The standard InChI is InChI=1S/C25H27FN6O4/c1-16(23(34)30-21-9-8-19(12-28-21)36-18-6-4-17(26)5-7-18)31-10-11-32(25(2,3)15-31)24(35)20-13-29-22(33)14-27-20/h4-9,12-14,16H,10-11,15H2,1-3H3,(H,29,33)(H,28,30,34)/t16-/m1/s1. The van der Waals surface area contributed by atoms with Crippen molar-refractivity contribution in [3.05, 3.63) is 76.9 Å². The number of carbonyl (C=O) groups excluding carboxylic acids is 2. The summed E-state index contributed by atoms with van der Waals surface area (Å²) in [6.45, 7) is 7.01. The topological polar surface area (TPSA) is 121 Å². The Morgan fingerprint density at radius 3 is 2.42 bits per heavy atom. The van der Waals surface area contributed by atoms with E-state index in [1.807, 2.05) is 18.7 Å². The minimum Gasteiger partial charge on any atom is -0.456 e. The molecule has 0 bridgehead atoms. The molecule has 0 radical (unpaired) electrons. The second-order valence-electron chi connectivity index (χ2n) is 9.14. The molecule has 36 heavy (non-hydrogen) atoms. The molecule has 0 aliphatic carbocycles. The molecule has 1 atom stereocenters. The number of H-pyrrole nitrogens is 1. The molecular weight excluding hydrogens is 467 g/mol. The lowest BCUT2D eigenvalue weighted by Gasteiger charge is -2.48. The summed E-state index contributed by atoms with van der Waals surface area (Å²) >= 11 is 0. The first-order valence-corrected chi connectivity index (χ1v) is 11.4. The van der Waals surface area contributed by atoms with Crippen molar-refractivity contribution in [2.24, 2.45) is 0 Å². The van der Waals surface area contributed by atoms with Crippen molar-refractivity contribution < 1.29 is 18.7 Å². The second-order valence-corrected chi connectivity index (χ2v) is 9.14.